The number of ether oxygens (including phenoxy) is 1. The van der Waals surface area contributed by atoms with Gasteiger partial charge in [0.2, 0.25) is 11.8 Å². The van der Waals surface area contributed by atoms with E-state index in [4.69, 9.17) is 19.5 Å². The summed E-state index contributed by atoms with van der Waals surface area (Å²) < 4.78 is 32.5. The third-order valence-corrected chi connectivity index (χ3v) is 7.63. The number of nitrogens with one attached hydrogen (secondary N) is 1. The van der Waals surface area contributed by atoms with Crippen LogP contribution in [-0.2, 0) is 13.9 Å². The third-order valence-electron chi connectivity index (χ3n) is 5.34. The van der Waals surface area contributed by atoms with E-state index in [1.54, 1.807) is 30.6 Å². The molecule has 0 saturated carbocycles. The fraction of sp³-hybridized carbons (Fsp3) is 0.333. The number of aliphatic carboxylic acids is 1. The molecule has 0 amide bonds. The van der Waals surface area contributed by atoms with Gasteiger partial charge in [0.1, 0.15) is 11.8 Å². The number of hydrogen-bond acceptors (Lipinski definition) is 9. The first-order chi connectivity index (χ1) is 16.7. The normalized spacial score (nSPS) is 20.0. The maximum Gasteiger partial charge on any atom is 0.459 e. The molecule has 0 radical (unpaired) electrons. The van der Waals surface area contributed by atoms with Crippen LogP contribution in [0.3, 0.4) is 0 Å². The first-order valence-electron chi connectivity index (χ1n) is 10.6. The zero-order valence-corrected chi connectivity index (χ0v) is 21.3. The number of allylic oxidation sites excluding steroid dienone is 1. The molecule has 4 atom stereocenters. The molecule has 12 nitrogen and oxygen atoms in total. The van der Waals surface area contributed by atoms with Crippen LogP contribution >= 0.6 is 23.7 Å². The molecular weight excluding hydrogens is 543 g/mol. The molecule has 35 heavy (non-hydrogen) atoms. The van der Waals surface area contributed by atoms with Crippen molar-refractivity contribution in [1.82, 2.24) is 24.6 Å². The van der Waals surface area contributed by atoms with Crippen molar-refractivity contribution in [2.24, 2.45) is 5.92 Å². The van der Waals surface area contributed by atoms with Crippen molar-refractivity contribution in [2.75, 3.05) is 19.5 Å². The minimum Gasteiger partial charge on any atom is -0.480 e. The summed E-state index contributed by atoms with van der Waals surface area (Å²) in [4.78, 5) is 24.0. The summed E-state index contributed by atoms with van der Waals surface area (Å²) in [5.74, 6) is -0.693. The highest BCUT2D eigenvalue weighted by atomic mass is 79.9. The average Bonchev–Trinajstić information content (AvgIpc) is 3.45. The summed E-state index contributed by atoms with van der Waals surface area (Å²) in [5, 5.41) is 11.8. The number of imidazole rings is 1. The number of carbonyl (C=O) groups is 1. The van der Waals surface area contributed by atoms with Crippen LogP contribution in [0.2, 0.25) is 0 Å². The Bertz CT molecular complexity index is 1320. The zero-order valence-electron chi connectivity index (χ0n) is 18.9. The molecule has 186 valence electrons. The van der Waals surface area contributed by atoms with E-state index >= 15 is 0 Å². The number of nitrogens with zero attached hydrogens (tertiary/aromatic N) is 4. The second-order valence-electron chi connectivity index (χ2n) is 7.87. The lowest BCUT2D eigenvalue weighted by molar-refractivity contribution is -0.138. The minimum atomic E-state index is -4.03. The van der Waals surface area contributed by atoms with Crippen molar-refractivity contribution < 1.29 is 28.3 Å². The maximum atomic E-state index is 13.5. The van der Waals surface area contributed by atoms with E-state index in [-0.39, 0.29) is 36.1 Å². The highest BCUT2D eigenvalue weighted by Gasteiger charge is 2.34. The SMILES string of the molecule is COc1nc(N)nc2c1ncn2[C@H]1C=C[C@@H](COP(=O)(NC(C)C(=O)O)Oc2ccccc2Br)C1. The molecule has 14 heteroatoms. The molecule has 4 rings (SSSR count). The standard InChI is InChI=1S/C21H24BrN6O6P/c1-12(20(29)30)27-35(31,34-16-6-4-3-5-15(16)22)33-10-13-7-8-14(9-13)28-11-24-17-18(28)25-21(23)26-19(17)32-2/h3-8,11-14H,9-10H2,1-2H3,(H,27,31)(H,29,30)(H2,23,25,26)/t12?,13-,14+,35?/m1/s1. The van der Waals surface area contributed by atoms with Gasteiger partial charge in [0.15, 0.2) is 11.2 Å². The molecule has 2 unspecified atom stereocenters. The topological polar surface area (TPSA) is 164 Å². The molecule has 0 bridgehead atoms. The van der Waals surface area contributed by atoms with Gasteiger partial charge in [-0.25, -0.2) is 9.55 Å². The molecule has 0 saturated heterocycles. The molecule has 0 aliphatic heterocycles. The lowest BCUT2D eigenvalue weighted by Gasteiger charge is -2.23. The van der Waals surface area contributed by atoms with Crippen LogP contribution < -0.4 is 20.1 Å². The molecule has 2 heterocycles. The lowest BCUT2D eigenvalue weighted by atomic mass is 10.1. The van der Waals surface area contributed by atoms with Gasteiger partial charge >= 0.3 is 13.7 Å². The smallest absolute Gasteiger partial charge is 0.459 e. The summed E-state index contributed by atoms with van der Waals surface area (Å²) in [5.41, 5.74) is 6.83. The second-order valence-corrected chi connectivity index (χ2v) is 10.4. The molecule has 0 spiro atoms. The van der Waals surface area contributed by atoms with Gasteiger partial charge in [-0.2, -0.15) is 15.1 Å². The van der Waals surface area contributed by atoms with Crippen LogP contribution in [0.15, 0.2) is 47.2 Å². The molecule has 0 fully saturated rings. The molecule has 1 aromatic carbocycles. The van der Waals surface area contributed by atoms with E-state index in [1.807, 2.05) is 16.7 Å². The first kappa shape index (κ1) is 25.1. The van der Waals surface area contributed by atoms with E-state index < -0.39 is 19.8 Å². The van der Waals surface area contributed by atoms with Crippen LogP contribution in [0.25, 0.3) is 11.2 Å². The average molecular weight is 567 g/mol. The van der Waals surface area contributed by atoms with Crippen LogP contribution in [0, 0.1) is 5.92 Å². The number of carboxylic acids is 1. The second kappa shape index (κ2) is 10.3. The number of benzene rings is 1. The van der Waals surface area contributed by atoms with Gasteiger partial charge in [-0.1, -0.05) is 24.3 Å². The Labute approximate surface area is 209 Å². The highest BCUT2D eigenvalue weighted by Crippen LogP contribution is 2.47. The summed E-state index contributed by atoms with van der Waals surface area (Å²) in [6.07, 6.45) is 6.13. The number of nitrogen functional groups attached to an aromatic ring is 1. The van der Waals surface area contributed by atoms with Crippen LogP contribution in [-0.4, -0.2) is 50.4 Å². The van der Waals surface area contributed by atoms with Crippen molar-refractivity contribution in [3.63, 3.8) is 0 Å². The molecule has 2 aromatic heterocycles. The quantitative estimate of drug-likeness (QED) is 0.242. The third kappa shape index (κ3) is 5.64. The van der Waals surface area contributed by atoms with Crippen molar-refractivity contribution in [3.8, 4) is 11.6 Å². The monoisotopic (exact) mass is 566 g/mol. The minimum absolute atomic E-state index is 0.0289. The van der Waals surface area contributed by atoms with Gasteiger partial charge in [-0.05, 0) is 41.4 Å². The van der Waals surface area contributed by atoms with E-state index in [9.17, 15) is 14.5 Å². The fourth-order valence-corrected chi connectivity index (χ4v) is 5.66. The summed E-state index contributed by atoms with van der Waals surface area (Å²) in [6, 6.07) is 5.52. The van der Waals surface area contributed by atoms with Gasteiger partial charge < -0.3 is 24.7 Å². The van der Waals surface area contributed by atoms with E-state index in [0.717, 1.165) is 0 Å². The van der Waals surface area contributed by atoms with Crippen LogP contribution in [0.1, 0.15) is 19.4 Å². The zero-order chi connectivity index (χ0) is 25.2. The van der Waals surface area contributed by atoms with Gasteiger partial charge in [0.25, 0.3) is 0 Å². The number of hydrogen-bond donors (Lipinski definition) is 3. The van der Waals surface area contributed by atoms with E-state index in [0.29, 0.717) is 22.1 Å². The number of aromatic nitrogens is 4. The van der Waals surface area contributed by atoms with Crippen LogP contribution in [0.4, 0.5) is 5.95 Å². The van der Waals surface area contributed by atoms with Crippen molar-refractivity contribution in [3.05, 3.63) is 47.2 Å². The summed E-state index contributed by atoms with van der Waals surface area (Å²) in [7, 11) is -2.55. The fourth-order valence-electron chi connectivity index (χ4n) is 3.60. The summed E-state index contributed by atoms with van der Waals surface area (Å²) in [6.45, 7) is 1.39. The molecular formula is C21H24BrN6O6P. The van der Waals surface area contributed by atoms with Crippen LogP contribution in [0.5, 0.6) is 11.6 Å². The lowest BCUT2D eigenvalue weighted by Crippen LogP contribution is -2.33. The van der Waals surface area contributed by atoms with Gasteiger partial charge in [-0.15, -0.1) is 0 Å². The Morgan fingerprint density at radius 2 is 2.14 bits per heavy atom. The number of carboxylic acid groups (broad SMARTS) is 1. The molecule has 3 aromatic rings. The molecule has 1 aliphatic carbocycles. The Morgan fingerprint density at radius 3 is 2.86 bits per heavy atom. The number of nitrogens with two attached hydrogens (primary N) is 1. The number of para-hydroxylation sites is 1. The number of rotatable bonds is 10. The van der Waals surface area contributed by atoms with Crippen molar-refractivity contribution in [2.45, 2.75) is 25.4 Å². The molecule has 4 N–H and O–H groups in total. The number of halogens is 1. The Balaban J connectivity index is 1.48. The number of fused-ring (bicyclic) bond motifs is 1. The van der Waals surface area contributed by atoms with E-state index in [1.165, 1.54) is 14.0 Å². The van der Waals surface area contributed by atoms with Gasteiger partial charge in [0.05, 0.1) is 30.6 Å². The largest absolute Gasteiger partial charge is 0.480 e. The van der Waals surface area contributed by atoms with Crippen molar-refractivity contribution >= 4 is 46.8 Å². The Morgan fingerprint density at radius 1 is 1.37 bits per heavy atom. The number of anilines is 1. The Hall–Kier alpha value is -2.99. The maximum absolute atomic E-state index is 13.5. The predicted molar refractivity (Wildman–Crippen MR) is 131 cm³/mol. The van der Waals surface area contributed by atoms with E-state index in [2.05, 4.69) is 36.0 Å². The van der Waals surface area contributed by atoms with Gasteiger partial charge in [0, 0.05) is 5.92 Å². The van der Waals surface area contributed by atoms with Gasteiger partial charge in [-0.3, -0.25) is 9.32 Å². The Kier molecular flexibility index (Phi) is 7.41. The summed E-state index contributed by atoms with van der Waals surface area (Å²) >= 11 is 3.33. The predicted octanol–water partition coefficient (Wildman–Crippen LogP) is 3.56. The first-order valence-corrected chi connectivity index (χ1v) is 12.9. The van der Waals surface area contributed by atoms with Crippen molar-refractivity contribution in [1.29, 1.82) is 0 Å². The molecule has 1 aliphatic rings. The number of methoxy groups -OCH3 is 1. The highest BCUT2D eigenvalue weighted by molar-refractivity contribution is 9.10.